The van der Waals surface area contributed by atoms with Crippen molar-refractivity contribution in [2.24, 2.45) is 0 Å². The molecular formula is C25H28ClN5O2. The van der Waals surface area contributed by atoms with Gasteiger partial charge in [-0.3, -0.25) is 4.79 Å². The highest BCUT2D eigenvalue weighted by Gasteiger charge is 2.26. The summed E-state index contributed by atoms with van der Waals surface area (Å²) in [6.45, 7) is 2.99. The molecule has 0 unspecified atom stereocenters. The van der Waals surface area contributed by atoms with Gasteiger partial charge >= 0.3 is 6.03 Å². The van der Waals surface area contributed by atoms with Crippen molar-refractivity contribution in [3.8, 4) is 0 Å². The van der Waals surface area contributed by atoms with E-state index in [9.17, 15) is 9.59 Å². The summed E-state index contributed by atoms with van der Waals surface area (Å²) < 4.78 is 1.78. The Bertz CT molecular complexity index is 1160. The van der Waals surface area contributed by atoms with Gasteiger partial charge < -0.3 is 15.1 Å². The summed E-state index contributed by atoms with van der Waals surface area (Å²) in [6, 6.07) is 11.3. The van der Waals surface area contributed by atoms with Gasteiger partial charge in [0.15, 0.2) is 0 Å². The third kappa shape index (κ3) is 4.55. The van der Waals surface area contributed by atoms with Gasteiger partial charge in [-0.25, -0.2) is 9.31 Å². The number of rotatable bonds is 3. The number of carbonyl (C=O) groups excluding carboxylic acids is 2. The molecule has 0 spiro atoms. The lowest BCUT2D eigenvalue weighted by molar-refractivity contribution is 0.0726. The van der Waals surface area contributed by atoms with Gasteiger partial charge in [-0.2, -0.15) is 5.10 Å². The van der Waals surface area contributed by atoms with Crippen LogP contribution in [0, 0.1) is 0 Å². The molecule has 8 heteroatoms. The molecule has 1 aromatic carbocycles. The summed E-state index contributed by atoms with van der Waals surface area (Å²) in [5.41, 5.74) is 3.36. The Morgan fingerprint density at radius 3 is 2.48 bits per heavy atom. The average molecular weight is 466 g/mol. The molecule has 7 nitrogen and oxygen atoms in total. The van der Waals surface area contributed by atoms with Crippen LogP contribution in [-0.2, 0) is 0 Å². The van der Waals surface area contributed by atoms with Gasteiger partial charge in [0.2, 0.25) is 0 Å². The second-order valence-electron chi connectivity index (χ2n) is 8.87. The lowest BCUT2D eigenvalue weighted by Gasteiger charge is -2.32. The minimum absolute atomic E-state index is 0.0768. The largest absolute Gasteiger partial charge is 0.339 e. The van der Waals surface area contributed by atoms with Crippen LogP contribution in [0.2, 0.25) is 5.02 Å². The van der Waals surface area contributed by atoms with Gasteiger partial charge in [0.1, 0.15) is 0 Å². The topological polar surface area (TPSA) is 70.0 Å². The fourth-order valence-corrected chi connectivity index (χ4v) is 5.04. The number of likely N-dealkylation sites (tertiary alicyclic amines) is 2. The molecule has 2 aliphatic heterocycles. The number of hydrogen-bond acceptors (Lipinski definition) is 3. The molecule has 172 valence electrons. The highest BCUT2D eigenvalue weighted by Crippen LogP contribution is 2.30. The number of nitrogens with zero attached hydrogens (tertiary/aromatic N) is 4. The third-order valence-corrected chi connectivity index (χ3v) is 7.12. The van der Waals surface area contributed by atoms with Crippen molar-refractivity contribution in [3.63, 3.8) is 0 Å². The monoisotopic (exact) mass is 465 g/mol. The van der Waals surface area contributed by atoms with Crippen molar-refractivity contribution in [3.05, 3.63) is 64.9 Å². The van der Waals surface area contributed by atoms with Crippen molar-refractivity contribution in [1.82, 2.24) is 19.4 Å². The first kappa shape index (κ1) is 21.8. The molecule has 1 N–H and O–H groups in total. The molecule has 2 saturated heterocycles. The minimum Gasteiger partial charge on any atom is -0.339 e. The molecular weight excluding hydrogens is 438 g/mol. The Labute approximate surface area is 198 Å². The number of benzene rings is 1. The number of pyridine rings is 1. The smallest absolute Gasteiger partial charge is 0.321 e. The van der Waals surface area contributed by atoms with Gasteiger partial charge in [-0.15, -0.1) is 0 Å². The van der Waals surface area contributed by atoms with Gasteiger partial charge in [0, 0.05) is 32.4 Å². The molecule has 3 amide bonds. The van der Waals surface area contributed by atoms with Crippen LogP contribution >= 0.6 is 11.6 Å². The van der Waals surface area contributed by atoms with E-state index in [1.54, 1.807) is 22.8 Å². The maximum Gasteiger partial charge on any atom is 0.321 e. The van der Waals surface area contributed by atoms with Crippen LogP contribution in [0.3, 0.4) is 0 Å². The van der Waals surface area contributed by atoms with Crippen LogP contribution in [0.5, 0.6) is 0 Å². The fraction of sp³-hybridized carbons (Fsp3) is 0.400. The maximum absolute atomic E-state index is 13.1. The molecule has 2 fully saturated rings. The third-order valence-electron chi connectivity index (χ3n) is 6.79. The summed E-state index contributed by atoms with van der Waals surface area (Å²) in [7, 11) is 0. The standard InChI is InChI=1S/C25H28ClN5O2/c26-21-6-2-3-7-22(21)28-25(33)30-13-8-18(9-14-30)19-10-15-31-23(16-19)20(17-27-31)24(32)29-11-4-1-5-12-29/h2-3,6-7,10,15-18H,1,4-5,8-9,11-14H2,(H,28,33). The minimum atomic E-state index is -0.123. The fourth-order valence-electron chi connectivity index (χ4n) is 4.86. The van der Waals surface area contributed by atoms with E-state index in [0.29, 0.717) is 35.3 Å². The second-order valence-corrected chi connectivity index (χ2v) is 9.28. The number of urea groups is 1. The lowest BCUT2D eigenvalue weighted by atomic mass is 9.89. The number of amides is 3. The Hall–Kier alpha value is -3.06. The summed E-state index contributed by atoms with van der Waals surface area (Å²) in [4.78, 5) is 29.5. The summed E-state index contributed by atoms with van der Waals surface area (Å²) in [5, 5.41) is 7.84. The number of halogens is 1. The summed E-state index contributed by atoms with van der Waals surface area (Å²) in [5.74, 6) is 0.417. The molecule has 33 heavy (non-hydrogen) atoms. The van der Waals surface area contributed by atoms with E-state index in [1.807, 2.05) is 28.1 Å². The number of hydrogen-bond donors (Lipinski definition) is 1. The Morgan fingerprint density at radius 1 is 0.970 bits per heavy atom. The van der Waals surface area contributed by atoms with Crippen LogP contribution in [0.15, 0.2) is 48.8 Å². The number of anilines is 1. The van der Waals surface area contributed by atoms with Crippen LogP contribution in [0.4, 0.5) is 10.5 Å². The molecule has 2 aliphatic rings. The molecule has 0 atom stereocenters. The number of fused-ring (bicyclic) bond motifs is 1. The van der Waals surface area contributed by atoms with Gasteiger partial charge in [0.05, 0.1) is 28.0 Å². The molecule has 0 radical (unpaired) electrons. The molecule has 3 aromatic rings. The van der Waals surface area contributed by atoms with E-state index in [0.717, 1.165) is 44.3 Å². The van der Waals surface area contributed by atoms with Gasteiger partial charge in [-0.1, -0.05) is 23.7 Å². The molecule has 4 heterocycles. The van der Waals surface area contributed by atoms with E-state index in [-0.39, 0.29) is 11.9 Å². The average Bonchev–Trinajstić information content (AvgIpc) is 3.29. The normalized spacial score (nSPS) is 17.4. The van der Waals surface area contributed by atoms with Crippen LogP contribution in [0.25, 0.3) is 5.52 Å². The van der Waals surface area contributed by atoms with Crippen molar-refractivity contribution in [1.29, 1.82) is 0 Å². The predicted molar refractivity (Wildman–Crippen MR) is 129 cm³/mol. The Balaban J connectivity index is 1.26. The highest BCUT2D eigenvalue weighted by molar-refractivity contribution is 6.33. The first-order valence-electron chi connectivity index (χ1n) is 11.7. The van der Waals surface area contributed by atoms with E-state index in [4.69, 9.17) is 11.6 Å². The first-order valence-corrected chi connectivity index (χ1v) is 12.0. The number of aromatic nitrogens is 2. The summed E-state index contributed by atoms with van der Waals surface area (Å²) >= 11 is 6.17. The van der Waals surface area contributed by atoms with Crippen molar-refractivity contribution in [2.75, 3.05) is 31.5 Å². The first-order chi connectivity index (χ1) is 16.1. The zero-order valence-corrected chi connectivity index (χ0v) is 19.3. The number of para-hydroxylation sites is 1. The number of carbonyl (C=O) groups is 2. The van der Waals surface area contributed by atoms with Crippen molar-refractivity contribution < 1.29 is 9.59 Å². The number of piperidine rings is 2. The van der Waals surface area contributed by atoms with Gasteiger partial charge in [0.25, 0.3) is 5.91 Å². The van der Waals surface area contributed by atoms with E-state index < -0.39 is 0 Å². The molecule has 0 aliphatic carbocycles. The van der Waals surface area contributed by atoms with Crippen LogP contribution < -0.4 is 5.32 Å². The molecule has 0 bridgehead atoms. The number of nitrogens with one attached hydrogen (secondary N) is 1. The highest BCUT2D eigenvalue weighted by atomic mass is 35.5. The molecule has 0 saturated carbocycles. The maximum atomic E-state index is 13.1. The molecule has 5 rings (SSSR count). The molecule has 2 aromatic heterocycles. The van der Waals surface area contributed by atoms with Crippen LogP contribution in [-0.4, -0.2) is 57.5 Å². The lowest BCUT2D eigenvalue weighted by Crippen LogP contribution is -2.40. The Kier molecular flexibility index (Phi) is 6.22. The predicted octanol–water partition coefficient (Wildman–Crippen LogP) is 5.03. The zero-order valence-electron chi connectivity index (χ0n) is 18.5. The van der Waals surface area contributed by atoms with E-state index in [1.165, 1.54) is 12.0 Å². The SMILES string of the molecule is O=C(Nc1ccccc1Cl)N1CCC(c2ccn3ncc(C(=O)N4CCCCC4)c3c2)CC1. The zero-order chi connectivity index (χ0) is 22.8. The summed E-state index contributed by atoms with van der Waals surface area (Å²) in [6.07, 6.45) is 8.70. The van der Waals surface area contributed by atoms with Gasteiger partial charge in [-0.05, 0) is 67.9 Å². The Morgan fingerprint density at radius 2 is 1.73 bits per heavy atom. The van der Waals surface area contributed by atoms with Crippen LogP contribution in [0.1, 0.15) is 53.9 Å². The van der Waals surface area contributed by atoms with E-state index in [2.05, 4.69) is 22.5 Å². The van der Waals surface area contributed by atoms with Crippen molar-refractivity contribution in [2.45, 2.75) is 38.0 Å². The van der Waals surface area contributed by atoms with Crippen molar-refractivity contribution >= 4 is 34.7 Å². The van der Waals surface area contributed by atoms with E-state index >= 15 is 0 Å². The second kappa shape index (κ2) is 9.43. The quantitative estimate of drug-likeness (QED) is 0.590.